The lowest BCUT2D eigenvalue weighted by Gasteiger charge is -2.08. The molecule has 0 aliphatic carbocycles. The molecule has 16 heavy (non-hydrogen) atoms. The number of nitrogens with two attached hydrogens (primary N) is 1. The summed E-state index contributed by atoms with van der Waals surface area (Å²) in [6.07, 6.45) is 2.46. The number of aromatic nitrogens is 3. The van der Waals surface area contributed by atoms with Crippen LogP contribution in [0.1, 0.15) is 12.5 Å². The van der Waals surface area contributed by atoms with Crippen LogP contribution >= 0.6 is 0 Å². The van der Waals surface area contributed by atoms with Crippen molar-refractivity contribution in [2.75, 3.05) is 6.54 Å². The first-order valence-electron chi connectivity index (χ1n) is 5.53. The number of aryl methyl sites for hydroxylation is 1. The first-order valence-corrected chi connectivity index (χ1v) is 5.53. The summed E-state index contributed by atoms with van der Waals surface area (Å²) in [6, 6.07) is 8.21. The lowest BCUT2D eigenvalue weighted by atomic mass is 10.0. The van der Waals surface area contributed by atoms with Gasteiger partial charge in [-0.3, -0.25) is 0 Å². The van der Waals surface area contributed by atoms with E-state index in [-0.39, 0.29) is 0 Å². The van der Waals surface area contributed by atoms with E-state index in [0.29, 0.717) is 6.54 Å². The Balaban J connectivity index is 2.46. The second kappa shape index (κ2) is 4.90. The largest absolute Gasteiger partial charge is 0.330 e. The van der Waals surface area contributed by atoms with Crippen LogP contribution in [0.25, 0.3) is 11.4 Å². The number of benzene rings is 1. The van der Waals surface area contributed by atoms with Crippen molar-refractivity contribution in [3.63, 3.8) is 0 Å². The van der Waals surface area contributed by atoms with Gasteiger partial charge in [-0.25, -0.2) is 9.67 Å². The van der Waals surface area contributed by atoms with Gasteiger partial charge in [0.25, 0.3) is 0 Å². The average Bonchev–Trinajstić information content (AvgIpc) is 2.78. The van der Waals surface area contributed by atoms with E-state index in [0.717, 1.165) is 24.4 Å². The van der Waals surface area contributed by atoms with E-state index in [9.17, 15) is 0 Å². The van der Waals surface area contributed by atoms with Gasteiger partial charge in [0.2, 0.25) is 0 Å². The zero-order valence-corrected chi connectivity index (χ0v) is 9.43. The molecule has 2 rings (SSSR count). The number of nitrogens with zero attached hydrogens (tertiary/aromatic N) is 3. The molecular weight excluding hydrogens is 200 g/mol. The van der Waals surface area contributed by atoms with Crippen LogP contribution < -0.4 is 5.73 Å². The van der Waals surface area contributed by atoms with Crippen LogP contribution in [-0.4, -0.2) is 21.3 Å². The van der Waals surface area contributed by atoms with Crippen LogP contribution in [0, 0.1) is 0 Å². The van der Waals surface area contributed by atoms with Gasteiger partial charge in [-0.15, -0.1) is 0 Å². The van der Waals surface area contributed by atoms with Crippen molar-refractivity contribution in [3.05, 3.63) is 36.2 Å². The number of hydrogen-bond donors (Lipinski definition) is 1. The third kappa shape index (κ3) is 1.97. The van der Waals surface area contributed by atoms with Crippen LogP contribution in [0.3, 0.4) is 0 Å². The van der Waals surface area contributed by atoms with E-state index in [2.05, 4.69) is 29.1 Å². The van der Waals surface area contributed by atoms with E-state index in [1.165, 1.54) is 5.56 Å². The van der Waals surface area contributed by atoms with E-state index in [1.807, 2.05) is 16.8 Å². The molecule has 1 heterocycles. The Labute approximate surface area is 95.1 Å². The molecule has 0 bridgehead atoms. The molecule has 0 aliphatic rings. The molecule has 0 atom stereocenters. The van der Waals surface area contributed by atoms with E-state index in [1.54, 1.807) is 6.33 Å². The molecule has 1 aromatic heterocycles. The van der Waals surface area contributed by atoms with Gasteiger partial charge in [-0.05, 0) is 25.5 Å². The summed E-state index contributed by atoms with van der Waals surface area (Å²) in [7, 11) is 0. The third-order valence-electron chi connectivity index (χ3n) is 2.59. The normalized spacial score (nSPS) is 10.6. The maximum atomic E-state index is 5.61. The molecule has 1 aromatic carbocycles. The second-order valence-corrected chi connectivity index (χ2v) is 3.60. The smallest absolute Gasteiger partial charge is 0.158 e. The summed E-state index contributed by atoms with van der Waals surface area (Å²) in [5.74, 6) is 0.923. The Morgan fingerprint density at radius 3 is 2.88 bits per heavy atom. The Morgan fingerprint density at radius 2 is 2.12 bits per heavy atom. The molecule has 0 saturated heterocycles. The van der Waals surface area contributed by atoms with Crippen molar-refractivity contribution in [2.45, 2.75) is 19.9 Å². The van der Waals surface area contributed by atoms with Crippen molar-refractivity contribution in [1.82, 2.24) is 14.8 Å². The minimum atomic E-state index is 0.650. The lowest BCUT2D eigenvalue weighted by Crippen LogP contribution is -2.06. The van der Waals surface area contributed by atoms with E-state index < -0.39 is 0 Å². The molecule has 0 unspecified atom stereocenters. The quantitative estimate of drug-likeness (QED) is 0.842. The Morgan fingerprint density at radius 1 is 1.31 bits per heavy atom. The maximum Gasteiger partial charge on any atom is 0.158 e. The molecule has 2 aromatic rings. The summed E-state index contributed by atoms with van der Waals surface area (Å²) in [6.45, 7) is 3.54. The van der Waals surface area contributed by atoms with E-state index >= 15 is 0 Å². The highest BCUT2D eigenvalue weighted by atomic mass is 15.3. The highest BCUT2D eigenvalue weighted by molar-refractivity contribution is 5.60. The highest BCUT2D eigenvalue weighted by Gasteiger charge is 2.09. The minimum absolute atomic E-state index is 0.650. The van der Waals surface area contributed by atoms with Crippen LogP contribution in [0.2, 0.25) is 0 Å². The standard InChI is InChI=1S/C12H16N4/c1-2-16-12(14-9-15-16)11-6-4-3-5-10(11)7-8-13/h3-6,9H,2,7-8,13H2,1H3. The summed E-state index contributed by atoms with van der Waals surface area (Å²) in [5, 5.41) is 4.19. The zero-order valence-electron chi connectivity index (χ0n) is 9.43. The first-order chi connectivity index (χ1) is 7.86. The van der Waals surface area contributed by atoms with Gasteiger partial charge in [0.15, 0.2) is 5.82 Å². The molecular formula is C12H16N4. The molecule has 0 radical (unpaired) electrons. The summed E-state index contributed by atoms with van der Waals surface area (Å²) in [5.41, 5.74) is 7.97. The van der Waals surface area contributed by atoms with Crippen LogP contribution in [0.4, 0.5) is 0 Å². The van der Waals surface area contributed by atoms with Gasteiger partial charge in [0.1, 0.15) is 6.33 Å². The molecule has 0 fully saturated rings. The molecule has 0 spiro atoms. The fourth-order valence-corrected chi connectivity index (χ4v) is 1.82. The maximum absolute atomic E-state index is 5.61. The van der Waals surface area contributed by atoms with Crippen LogP contribution in [0.5, 0.6) is 0 Å². The Kier molecular flexibility index (Phi) is 3.31. The van der Waals surface area contributed by atoms with Gasteiger partial charge in [-0.1, -0.05) is 24.3 Å². The molecule has 2 N–H and O–H groups in total. The average molecular weight is 216 g/mol. The Hall–Kier alpha value is -1.68. The van der Waals surface area contributed by atoms with Crippen LogP contribution in [-0.2, 0) is 13.0 Å². The fraction of sp³-hybridized carbons (Fsp3) is 0.333. The molecule has 0 saturated carbocycles. The summed E-state index contributed by atoms with van der Waals surface area (Å²) >= 11 is 0. The topological polar surface area (TPSA) is 56.7 Å². The molecule has 84 valence electrons. The molecule has 0 aliphatic heterocycles. The molecule has 4 nitrogen and oxygen atoms in total. The van der Waals surface area contributed by atoms with Crippen molar-refractivity contribution in [2.24, 2.45) is 5.73 Å². The summed E-state index contributed by atoms with van der Waals surface area (Å²) < 4.78 is 1.90. The summed E-state index contributed by atoms with van der Waals surface area (Å²) in [4.78, 5) is 4.31. The Bertz CT molecular complexity index is 462. The van der Waals surface area contributed by atoms with Gasteiger partial charge in [0, 0.05) is 12.1 Å². The predicted octanol–water partition coefficient (Wildman–Crippen LogP) is 1.47. The van der Waals surface area contributed by atoms with Crippen molar-refractivity contribution >= 4 is 0 Å². The molecule has 0 amide bonds. The second-order valence-electron chi connectivity index (χ2n) is 3.60. The third-order valence-corrected chi connectivity index (χ3v) is 2.59. The SMILES string of the molecule is CCn1ncnc1-c1ccccc1CCN. The van der Waals surface area contributed by atoms with Crippen molar-refractivity contribution in [3.8, 4) is 11.4 Å². The molecule has 4 heteroatoms. The van der Waals surface area contributed by atoms with Crippen molar-refractivity contribution in [1.29, 1.82) is 0 Å². The van der Waals surface area contributed by atoms with Gasteiger partial charge >= 0.3 is 0 Å². The van der Waals surface area contributed by atoms with Crippen molar-refractivity contribution < 1.29 is 0 Å². The fourth-order valence-electron chi connectivity index (χ4n) is 1.82. The lowest BCUT2D eigenvalue weighted by molar-refractivity contribution is 0.665. The predicted molar refractivity (Wildman–Crippen MR) is 63.9 cm³/mol. The number of rotatable bonds is 4. The van der Waals surface area contributed by atoms with Crippen LogP contribution in [0.15, 0.2) is 30.6 Å². The monoisotopic (exact) mass is 216 g/mol. The minimum Gasteiger partial charge on any atom is -0.330 e. The number of hydrogen-bond acceptors (Lipinski definition) is 3. The first kappa shape index (κ1) is 10.8. The van der Waals surface area contributed by atoms with Gasteiger partial charge in [-0.2, -0.15) is 5.10 Å². The highest BCUT2D eigenvalue weighted by Crippen LogP contribution is 2.21. The zero-order chi connectivity index (χ0) is 11.4. The van der Waals surface area contributed by atoms with E-state index in [4.69, 9.17) is 5.73 Å². The van der Waals surface area contributed by atoms with Gasteiger partial charge < -0.3 is 5.73 Å². The van der Waals surface area contributed by atoms with Gasteiger partial charge in [0.05, 0.1) is 0 Å².